The highest BCUT2D eigenvalue weighted by Gasteiger charge is 2.25. The molecule has 0 amide bonds. The molecule has 0 spiro atoms. The van der Waals surface area contributed by atoms with Crippen molar-refractivity contribution in [1.82, 2.24) is 0 Å². The molecule has 2 atom stereocenters. The summed E-state index contributed by atoms with van der Waals surface area (Å²) in [7, 11) is -3.09. The van der Waals surface area contributed by atoms with Gasteiger partial charge < -0.3 is 8.85 Å². The van der Waals surface area contributed by atoms with E-state index in [9.17, 15) is 0 Å². The minimum absolute atomic E-state index is 0.264. The van der Waals surface area contributed by atoms with Crippen molar-refractivity contribution in [2.24, 2.45) is 0 Å². The molecule has 6 heteroatoms. The fourth-order valence-corrected chi connectivity index (χ4v) is 6.93. The molecule has 2 heterocycles. The van der Waals surface area contributed by atoms with Crippen LogP contribution in [0, 0.1) is 0 Å². The maximum absolute atomic E-state index is 6.47. The van der Waals surface area contributed by atoms with Crippen molar-refractivity contribution in [3.8, 4) is 0 Å². The van der Waals surface area contributed by atoms with Crippen LogP contribution in [0.5, 0.6) is 0 Å². The average molecular weight is 427 g/mol. The molecule has 0 radical (unpaired) electrons. The smallest absolute Gasteiger partial charge is 0.184 e. The van der Waals surface area contributed by atoms with Gasteiger partial charge in [-0.3, -0.25) is 0 Å². The van der Waals surface area contributed by atoms with Gasteiger partial charge in [-0.1, -0.05) is 25.0 Å². The van der Waals surface area contributed by atoms with E-state index in [1.165, 1.54) is 22.6 Å². The zero-order valence-electron chi connectivity index (χ0n) is 17.1. The van der Waals surface area contributed by atoms with Gasteiger partial charge in [-0.05, 0) is 75.0 Å². The minimum Gasteiger partial charge on any atom is -0.410 e. The number of thiophene rings is 2. The van der Waals surface area contributed by atoms with E-state index in [-0.39, 0.29) is 12.2 Å². The van der Waals surface area contributed by atoms with Gasteiger partial charge in [0.05, 0.1) is 12.2 Å². The largest absolute Gasteiger partial charge is 0.410 e. The van der Waals surface area contributed by atoms with E-state index in [2.05, 4.69) is 74.3 Å². The molecule has 2 aromatic heterocycles. The van der Waals surface area contributed by atoms with Crippen molar-refractivity contribution in [2.75, 3.05) is 0 Å². The summed E-state index contributed by atoms with van der Waals surface area (Å²) in [5, 5.41) is 4.31. The van der Waals surface area contributed by atoms with Crippen LogP contribution >= 0.6 is 22.7 Å². The van der Waals surface area contributed by atoms with Crippen molar-refractivity contribution in [1.29, 1.82) is 0 Å². The van der Waals surface area contributed by atoms with Gasteiger partial charge in [0.1, 0.15) is 0 Å². The fourth-order valence-electron chi connectivity index (χ4n) is 2.98. The standard InChI is InChI=1S/C20H34O2S2Si2/c1-25(2,3)21-17(19-13-9-15-23-19)11-7-8-12-18(22-26(4,5)6)20-14-10-16-24-20/h9-10,13-18H,7-8,11-12H2,1-6H3. The first-order chi connectivity index (χ1) is 12.1. The lowest BCUT2D eigenvalue weighted by atomic mass is 10.1. The second kappa shape index (κ2) is 9.80. The molecule has 26 heavy (non-hydrogen) atoms. The number of hydrogen-bond donors (Lipinski definition) is 0. The molecular formula is C20H34O2S2Si2. The molecule has 0 fully saturated rings. The van der Waals surface area contributed by atoms with E-state index in [1.807, 2.05) is 22.7 Å². The van der Waals surface area contributed by atoms with Crippen LogP contribution in [0.1, 0.15) is 47.6 Å². The third-order valence-corrected chi connectivity index (χ3v) is 7.81. The van der Waals surface area contributed by atoms with Crippen LogP contribution in [0.4, 0.5) is 0 Å². The lowest BCUT2D eigenvalue weighted by Gasteiger charge is -2.27. The second-order valence-electron chi connectivity index (χ2n) is 8.75. The monoisotopic (exact) mass is 426 g/mol. The van der Waals surface area contributed by atoms with Crippen LogP contribution in [0.3, 0.4) is 0 Å². The van der Waals surface area contributed by atoms with Gasteiger partial charge in [-0.15, -0.1) is 22.7 Å². The van der Waals surface area contributed by atoms with Gasteiger partial charge in [-0.25, -0.2) is 0 Å². The zero-order valence-corrected chi connectivity index (χ0v) is 20.7. The molecule has 0 aliphatic heterocycles. The minimum atomic E-state index is -1.54. The van der Waals surface area contributed by atoms with Crippen molar-refractivity contribution in [3.05, 3.63) is 44.8 Å². The average Bonchev–Trinajstić information content (AvgIpc) is 3.19. The fraction of sp³-hybridized carbons (Fsp3) is 0.600. The van der Waals surface area contributed by atoms with Crippen molar-refractivity contribution < 1.29 is 8.85 Å². The molecular weight excluding hydrogens is 393 g/mol. The van der Waals surface area contributed by atoms with Crippen LogP contribution in [0.25, 0.3) is 0 Å². The Balaban J connectivity index is 1.89. The van der Waals surface area contributed by atoms with Gasteiger partial charge in [0.2, 0.25) is 0 Å². The Kier molecular flexibility index (Phi) is 8.31. The maximum Gasteiger partial charge on any atom is 0.184 e. The number of unbranched alkanes of at least 4 members (excludes halogenated alkanes) is 1. The Morgan fingerprint density at radius 1 is 0.731 bits per heavy atom. The van der Waals surface area contributed by atoms with E-state index >= 15 is 0 Å². The molecule has 0 aliphatic rings. The molecule has 2 unspecified atom stereocenters. The Morgan fingerprint density at radius 3 is 1.38 bits per heavy atom. The van der Waals surface area contributed by atoms with E-state index in [1.54, 1.807) is 0 Å². The Hall–Kier alpha value is -0.246. The molecule has 0 bridgehead atoms. The highest BCUT2D eigenvalue weighted by atomic mass is 32.1. The topological polar surface area (TPSA) is 18.5 Å². The highest BCUT2D eigenvalue weighted by molar-refractivity contribution is 7.10. The van der Waals surface area contributed by atoms with Gasteiger partial charge in [-0.2, -0.15) is 0 Å². The SMILES string of the molecule is C[Si](C)(C)OC(CCCCC(O[Si](C)(C)C)c1cccs1)c1cccs1. The predicted molar refractivity (Wildman–Crippen MR) is 121 cm³/mol. The summed E-state index contributed by atoms with van der Waals surface area (Å²) in [6.45, 7) is 13.7. The van der Waals surface area contributed by atoms with E-state index < -0.39 is 16.6 Å². The normalized spacial score (nSPS) is 15.2. The lowest BCUT2D eigenvalue weighted by molar-refractivity contribution is 0.169. The number of rotatable bonds is 11. The van der Waals surface area contributed by atoms with Gasteiger partial charge >= 0.3 is 0 Å². The first-order valence-corrected chi connectivity index (χ1v) is 18.1. The Morgan fingerprint density at radius 2 is 1.12 bits per heavy atom. The molecule has 0 aliphatic carbocycles. The van der Waals surface area contributed by atoms with E-state index in [0.717, 1.165) is 12.8 Å². The third-order valence-electron chi connectivity index (χ3n) is 3.90. The van der Waals surface area contributed by atoms with Crippen molar-refractivity contribution in [3.63, 3.8) is 0 Å². The first-order valence-electron chi connectivity index (χ1n) is 9.56. The Bertz CT molecular complexity index is 557. The third kappa shape index (κ3) is 8.19. The maximum atomic E-state index is 6.47. The Labute approximate surface area is 169 Å². The van der Waals surface area contributed by atoms with Gasteiger partial charge in [0.25, 0.3) is 0 Å². The molecule has 0 saturated heterocycles. The summed E-state index contributed by atoms with van der Waals surface area (Å²) in [5.41, 5.74) is 0. The summed E-state index contributed by atoms with van der Waals surface area (Å²) >= 11 is 3.64. The van der Waals surface area contributed by atoms with Crippen molar-refractivity contribution >= 4 is 39.3 Å². The second-order valence-corrected chi connectivity index (χ2v) is 19.6. The number of hydrogen-bond acceptors (Lipinski definition) is 4. The van der Waals surface area contributed by atoms with Crippen LogP contribution < -0.4 is 0 Å². The molecule has 0 saturated carbocycles. The molecule has 0 aromatic carbocycles. The van der Waals surface area contributed by atoms with Crippen LogP contribution in [-0.4, -0.2) is 16.6 Å². The van der Waals surface area contributed by atoms with Gasteiger partial charge in [0.15, 0.2) is 16.6 Å². The molecule has 2 rings (SSSR count). The first kappa shape index (κ1) is 22.0. The lowest BCUT2D eigenvalue weighted by Crippen LogP contribution is -2.28. The molecule has 0 N–H and O–H groups in total. The van der Waals surface area contributed by atoms with Gasteiger partial charge in [0, 0.05) is 9.75 Å². The van der Waals surface area contributed by atoms with E-state index in [4.69, 9.17) is 8.85 Å². The summed E-state index contributed by atoms with van der Waals surface area (Å²) in [6.07, 6.45) is 5.11. The molecule has 2 aromatic rings. The molecule has 2 nitrogen and oxygen atoms in total. The van der Waals surface area contributed by atoms with Crippen LogP contribution in [0.2, 0.25) is 39.3 Å². The quantitative estimate of drug-likeness (QED) is 0.269. The van der Waals surface area contributed by atoms with Crippen molar-refractivity contribution in [2.45, 2.75) is 77.2 Å². The molecule has 146 valence electrons. The zero-order chi connectivity index (χ0) is 19.2. The highest BCUT2D eigenvalue weighted by Crippen LogP contribution is 2.34. The van der Waals surface area contributed by atoms with Crippen LogP contribution in [0.15, 0.2) is 35.0 Å². The summed E-state index contributed by atoms with van der Waals surface area (Å²) in [4.78, 5) is 2.75. The van der Waals surface area contributed by atoms with Crippen LogP contribution in [-0.2, 0) is 8.85 Å². The summed E-state index contributed by atoms with van der Waals surface area (Å²) < 4.78 is 12.9. The predicted octanol–water partition coefficient (Wildman–Crippen LogP) is 7.86. The summed E-state index contributed by atoms with van der Waals surface area (Å²) in [5.74, 6) is 0. The van der Waals surface area contributed by atoms with E-state index in [0.29, 0.717) is 0 Å². The summed E-state index contributed by atoms with van der Waals surface area (Å²) in [6, 6.07) is 8.71.